The zero-order valence-electron chi connectivity index (χ0n) is 17.9. The topological polar surface area (TPSA) is 79.6 Å². The van der Waals surface area contributed by atoms with E-state index in [1.807, 2.05) is 44.2 Å². The number of thiophene rings is 1. The molecule has 6 nitrogen and oxygen atoms in total. The van der Waals surface area contributed by atoms with Crippen LogP contribution < -0.4 is 4.90 Å². The minimum atomic E-state index is -1.22. The molecule has 0 atom stereocenters. The predicted octanol–water partition coefficient (Wildman–Crippen LogP) is 5.45. The monoisotopic (exact) mass is 478 g/mol. The van der Waals surface area contributed by atoms with Crippen molar-refractivity contribution in [1.29, 1.82) is 0 Å². The fourth-order valence-electron chi connectivity index (χ4n) is 4.45. The number of benzene rings is 2. The number of anilines is 1. The van der Waals surface area contributed by atoms with Gasteiger partial charge in [0.15, 0.2) is 5.69 Å². The molecule has 0 saturated heterocycles. The number of fused-ring (bicyclic) bond motifs is 2. The minimum Gasteiger partial charge on any atom is -0.477 e. The fourth-order valence-corrected chi connectivity index (χ4v) is 5.79. The third kappa shape index (κ3) is 3.35. The number of nitrogens with zero attached hydrogens (tertiary/aromatic N) is 2. The lowest BCUT2D eigenvalue weighted by Gasteiger charge is -2.26. The van der Waals surface area contributed by atoms with Gasteiger partial charge in [-0.15, -0.1) is 11.3 Å². The van der Waals surface area contributed by atoms with Crippen molar-refractivity contribution in [3.8, 4) is 0 Å². The summed E-state index contributed by atoms with van der Waals surface area (Å²) < 4.78 is 1.63. The van der Waals surface area contributed by atoms with Crippen molar-refractivity contribution in [2.45, 2.75) is 26.8 Å². The highest BCUT2D eigenvalue weighted by atomic mass is 35.5. The molecule has 0 unspecified atom stereocenters. The highest BCUT2D eigenvalue weighted by molar-refractivity contribution is 7.12. The largest absolute Gasteiger partial charge is 0.477 e. The van der Waals surface area contributed by atoms with Crippen molar-refractivity contribution in [1.82, 2.24) is 4.57 Å². The number of halogens is 1. The molecule has 3 heterocycles. The molecule has 2 amide bonds. The summed E-state index contributed by atoms with van der Waals surface area (Å²) in [5, 5.41) is 11.1. The van der Waals surface area contributed by atoms with Crippen molar-refractivity contribution in [2.24, 2.45) is 0 Å². The first-order valence-electron chi connectivity index (χ1n) is 10.3. The standard InChI is InChI=1S/C25H19ClN2O4S/c1-13-14(2)33-19-11-20(29)28(24(30)21(13)19)22-17-10-16(26)8-9-18(17)27(23(22)25(31)32)12-15-6-4-3-5-7-15/h3-10H,11-12H2,1-2H3,(H,31,32). The molecule has 0 radical (unpaired) electrons. The second-order valence-corrected chi connectivity index (χ2v) is 9.77. The van der Waals surface area contributed by atoms with Gasteiger partial charge in [-0.3, -0.25) is 9.59 Å². The van der Waals surface area contributed by atoms with E-state index in [-0.39, 0.29) is 24.3 Å². The lowest BCUT2D eigenvalue weighted by Crippen LogP contribution is -2.43. The molecule has 8 heteroatoms. The number of carboxylic acids is 1. The van der Waals surface area contributed by atoms with Crippen molar-refractivity contribution >= 4 is 57.3 Å². The Hall–Kier alpha value is -3.42. The molecule has 1 aliphatic rings. The smallest absolute Gasteiger partial charge is 0.354 e. The van der Waals surface area contributed by atoms with Crippen LogP contribution in [-0.2, 0) is 17.8 Å². The third-order valence-corrected chi connectivity index (χ3v) is 7.49. The Kier molecular flexibility index (Phi) is 5.11. The van der Waals surface area contributed by atoms with Crippen molar-refractivity contribution < 1.29 is 19.5 Å². The van der Waals surface area contributed by atoms with Gasteiger partial charge in [-0.05, 0) is 43.2 Å². The van der Waals surface area contributed by atoms with Gasteiger partial charge >= 0.3 is 5.97 Å². The second-order valence-electron chi connectivity index (χ2n) is 8.03. The van der Waals surface area contributed by atoms with E-state index in [4.69, 9.17) is 11.6 Å². The third-order valence-electron chi connectivity index (χ3n) is 6.04. The molecule has 0 fully saturated rings. The van der Waals surface area contributed by atoms with Gasteiger partial charge in [-0.25, -0.2) is 9.69 Å². The maximum Gasteiger partial charge on any atom is 0.354 e. The summed E-state index contributed by atoms with van der Waals surface area (Å²) in [6, 6.07) is 14.4. The highest BCUT2D eigenvalue weighted by Crippen LogP contribution is 2.41. The Morgan fingerprint density at radius 2 is 1.85 bits per heavy atom. The lowest BCUT2D eigenvalue weighted by molar-refractivity contribution is -0.117. The van der Waals surface area contributed by atoms with Crippen LogP contribution in [-0.4, -0.2) is 27.5 Å². The summed E-state index contributed by atoms with van der Waals surface area (Å²) >= 11 is 7.70. The van der Waals surface area contributed by atoms with Crippen LogP contribution in [0.4, 0.5) is 5.69 Å². The summed E-state index contributed by atoms with van der Waals surface area (Å²) in [6.07, 6.45) is 0.0470. The van der Waals surface area contributed by atoms with Crippen LogP contribution in [0.1, 0.15) is 41.7 Å². The first kappa shape index (κ1) is 21.4. The number of carbonyl (C=O) groups is 3. The number of hydrogen-bond donors (Lipinski definition) is 1. The number of rotatable bonds is 4. The molecule has 0 bridgehead atoms. The zero-order chi connectivity index (χ0) is 23.4. The van der Waals surface area contributed by atoms with Crippen LogP contribution in [0.5, 0.6) is 0 Å². The predicted molar refractivity (Wildman–Crippen MR) is 129 cm³/mol. The van der Waals surface area contributed by atoms with Gasteiger partial charge in [0, 0.05) is 26.7 Å². The maximum atomic E-state index is 13.6. The summed E-state index contributed by atoms with van der Waals surface area (Å²) in [5.41, 5.74) is 2.73. The van der Waals surface area contributed by atoms with E-state index in [9.17, 15) is 19.5 Å². The molecule has 0 aliphatic carbocycles. The summed E-state index contributed by atoms with van der Waals surface area (Å²) in [5.74, 6) is -2.17. The van der Waals surface area contributed by atoms with Crippen LogP contribution in [0, 0.1) is 13.8 Å². The van der Waals surface area contributed by atoms with Gasteiger partial charge in [-0.1, -0.05) is 41.9 Å². The molecule has 1 N–H and O–H groups in total. The van der Waals surface area contributed by atoms with Crippen LogP contribution in [0.25, 0.3) is 10.9 Å². The van der Waals surface area contributed by atoms with Crippen molar-refractivity contribution in [3.63, 3.8) is 0 Å². The first-order valence-corrected chi connectivity index (χ1v) is 11.5. The van der Waals surface area contributed by atoms with Gasteiger partial charge in [0.2, 0.25) is 5.91 Å². The maximum absolute atomic E-state index is 13.6. The molecular weight excluding hydrogens is 460 g/mol. The molecule has 2 aromatic carbocycles. The zero-order valence-corrected chi connectivity index (χ0v) is 19.5. The first-order chi connectivity index (χ1) is 15.8. The second kappa shape index (κ2) is 7.86. The number of carboxylic acid groups (broad SMARTS) is 1. The Morgan fingerprint density at radius 1 is 1.12 bits per heavy atom. The summed E-state index contributed by atoms with van der Waals surface area (Å²) in [6.45, 7) is 4.03. The van der Waals surface area contributed by atoms with Gasteiger partial charge in [-0.2, -0.15) is 0 Å². The molecule has 5 rings (SSSR count). The number of aromatic nitrogens is 1. The highest BCUT2D eigenvalue weighted by Gasteiger charge is 2.40. The van der Waals surface area contributed by atoms with Gasteiger partial charge in [0.05, 0.1) is 23.2 Å². The molecular formula is C25H19ClN2O4S. The van der Waals surface area contributed by atoms with E-state index in [0.717, 1.165) is 25.8 Å². The quantitative estimate of drug-likeness (QED) is 0.395. The average Bonchev–Trinajstić information content (AvgIpc) is 3.22. The Bertz CT molecular complexity index is 1470. The van der Waals surface area contributed by atoms with Crippen LogP contribution in [0.2, 0.25) is 5.02 Å². The van der Waals surface area contributed by atoms with E-state index in [1.54, 1.807) is 22.8 Å². The van der Waals surface area contributed by atoms with Crippen LogP contribution in [0.3, 0.4) is 0 Å². The van der Waals surface area contributed by atoms with Crippen LogP contribution >= 0.6 is 22.9 Å². The SMILES string of the molecule is Cc1sc2c(c1C)C(=O)N(c1c(C(=O)O)n(Cc3ccccc3)c3ccc(Cl)cc13)C(=O)C2. The van der Waals surface area contributed by atoms with Gasteiger partial charge < -0.3 is 9.67 Å². The number of hydrogen-bond acceptors (Lipinski definition) is 4. The van der Waals surface area contributed by atoms with Gasteiger partial charge in [0.25, 0.3) is 5.91 Å². The Labute approximate surface area is 198 Å². The van der Waals surface area contributed by atoms with E-state index >= 15 is 0 Å². The minimum absolute atomic E-state index is 0.0470. The normalized spacial score (nSPS) is 13.6. The number of imide groups is 1. The summed E-state index contributed by atoms with van der Waals surface area (Å²) in [4.78, 5) is 42.1. The number of aryl methyl sites for hydroxylation is 1. The molecule has 0 spiro atoms. The number of carbonyl (C=O) groups excluding carboxylic acids is 2. The Balaban J connectivity index is 1.79. The molecule has 166 valence electrons. The molecule has 33 heavy (non-hydrogen) atoms. The van der Waals surface area contributed by atoms with Gasteiger partial charge in [0.1, 0.15) is 0 Å². The van der Waals surface area contributed by atoms with Crippen molar-refractivity contribution in [3.05, 3.63) is 85.7 Å². The number of aromatic carboxylic acids is 1. The van der Waals surface area contributed by atoms with E-state index < -0.39 is 17.8 Å². The van der Waals surface area contributed by atoms with E-state index in [1.165, 1.54) is 11.3 Å². The molecule has 0 saturated carbocycles. The molecule has 4 aromatic rings. The summed E-state index contributed by atoms with van der Waals surface area (Å²) in [7, 11) is 0. The number of amides is 2. The molecule has 2 aromatic heterocycles. The van der Waals surface area contributed by atoms with Crippen LogP contribution in [0.15, 0.2) is 48.5 Å². The Morgan fingerprint density at radius 3 is 2.55 bits per heavy atom. The fraction of sp³-hybridized carbons (Fsp3) is 0.160. The van der Waals surface area contributed by atoms with E-state index in [2.05, 4.69) is 0 Å². The van der Waals surface area contributed by atoms with Crippen molar-refractivity contribution in [2.75, 3.05) is 4.90 Å². The average molecular weight is 479 g/mol. The van der Waals surface area contributed by atoms with E-state index in [0.29, 0.717) is 21.5 Å². The molecule has 1 aliphatic heterocycles. The lowest BCUT2D eigenvalue weighted by atomic mass is 10.0.